The van der Waals surface area contributed by atoms with Crippen LogP contribution in [-0.2, 0) is 19.3 Å². The van der Waals surface area contributed by atoms with Gasteiger partial charge in [0.05, 0.1) is 26.2 Å². The van der Waals surface area contributed by atoms with Crippen molar-refractivity contribution in [2.24, 2.45) is 5.73 Å². The van der Waals surface area contributed by atoms with Crippen LogP contribution in [0.1, 0.15) is 38.5 Å². The topological polar surface area (TPSA) is 97.0 Å². The number of amides is 1. The minimum atomic E-state index is -0.366. The highest BCUT2D eigenvalue weighted by atomic mass is 32.2. The summed E-state index contributed by atoms with van der Waals surface area (Å²) in [6, 6.07) is 2.13. The Hall–Kier alpha value is -2.49. The number of thiophene rings is 1. The van der Waals surface area contributed by atoms with Crippen molar-refractivity contribution in [1.29, 1.82) is 0 Å². The molecule has 3 heterocycles. The largest absolute Gasteiger partial charge is 0.365 e. The van der Waals surface area contributed by atoms with E-state index in [1.807, 2.05) is 25.6 Å². The maximum absolute atomic E-state index is 12.0. The number of hydrogen-bond acceptors (Lipinski definition) is 8. The molecule has 0 saturated carbocycles. The molecule has 0 saturated heterocycles. The van der Waals surface area contributed by atoms with Crippen LogP contribution < -0.4 is 11.1 Å². The lowest BCUT2D eigenvalue weighted by Crippen LogP contribution is -2.14. The third kappa shape index (κ3) is 4.65. The summed E-state index contributed by atoms with van der Waals surface area (Å²) in [4.78, 5) is 28.8. The number of anilines is 2. The van der Waals surface area contributed by atoms with Gasteiger partial charge in [-0.2, -0.15) is 0 Å². The lowest BCUT2D eigenvalue weighted by Gasteiger charge is -2.18. The highest BCUT2D eigenvalue weighted by Crippen LogP contribution is 2.45. The molecule has 1 aliphatic rings. The highest BCUT2D eigenvalue weighted by Gasteiger charge is 2.28. The van der Waals surface area contributed by atoms with Gasteiger partial charge >= 0.3 is 0 Å². The van der Waals surface area contributed by atoms with E-state index in [-0.39, 0.29) is 5.91 Å². The fraction of sp³-hybridized carbons (Fsp3) is 0.391. The van der Waals surface area contributed by atoms with Gasteiger partial charge in [-0.25, -0.2) is 9.97 Å². The fourth-order valence-corrected chi connectivity index (χ4v) is 5.89. The monoisotopic (exact) mass is 468 g/mol. The van der Waals surface area contributed by atoms with Crippen molar-refractivity contribution < 1.29 is 4.79 Å². The number of aryl methyl sites for hydroxylation is 3. The van der Waals surface area contributed by atoms with Gasteiger partial charge in [0.15, 0.2) is 0 Å². The summed E-state index contributed by atoms with van der Waals surface area (Å²) in [5, 5.41) is 3.37. The molecule has 3 aromatic rings. The van der Waals surface area contributed by atoms with Crippen molar-refractivity contribution in [2.45, 2.75) is 36.8 Å². The molecule has 0 unspecified atom stereocenters. The first-order valence-electron chi connectivity index (χ1n) is 10.6. The number of rotatable bonds is 8. The zero-order valence-electron chi connectivity index (χ0n) is 18.9. The van der Waals surface area contributed by atoms with Gasteiger partial charge < -0.3 is 16.0 Å². The maximum atomic E-state index is 12.0. The molecule has 1 aliphatic carbocycles. The minimum absolute atomic E-state index is 0.366. The van der Waals surface area contributed by atoms with E-state index >= 15 is 0 Å². The predicted octanol–water partition coefficient (Wildman–Crippen LogP) is 4.07. The van der Waals surface area contributed by atoms with Crippen LogP contribution in [0.4, 0.5) is 11.6 Å². The first-order chi connectivity index (χ1) is 15.4. The molecule has 1 amide bonds. The Balaban J connectivity index is 1.64. The minimum Gasteiger partial charge on any atom is -0.365 e. The molecule has 3 N–H and O–H groups in total. The third-order valence-corrected chi connectivity index (χ3v) is 7.96. The van der Waals surface area contributed by atoms with E-state index in [0.717, 1.165) is 70.2 Å². The second kappa shape index (κ2) is 9.56. The van der Waals surface area contributed by atoms with E-state index in [1.54, 1.807) is 11.8 Å². The molecule has 32 heavy (non-hydrogen) atoms. The molecule has 0 bridgehead atoms. The van der Waals surface area contributed by atoms with Crippen LogP contribution in [0.2, 0.25) is 0 Å². The molecule has 0 spiro atoms. The lowest BCUT2D eigenvalue weighted by atomic mass is 9.91. The Morgan fingerprint density at radius 3 is 2.81 bits per heavy atom. The molecule has 0 aromatic carbocycles. The second-order valence-corrected chi connectivity index (χ2v) is 10.3. The Kier molecular flexibility index (Phi) is 6.78. The zero-order valence-corrected chi connectivity index (χ0v) is 20.5. The van der Waals surface area contributed by atoms with Crippen molar-refractivity contribution in [2.75, 3.05) is 32.2 Å². The van der Waals surface area contributed by atoms with Crippen molar-refractivity contribution in [1.82, 2.24) is 19.9 Å². The van der Waals surface area contributed by atoms with E-state index in [0.29, 0.717) is 10.8 Å². The third-order valence-electron chi connectivity index (χ3n) is 5.59. The van der Waals surface area contributed by atoms with Crippen molar-refractivity contribution >= 4 is 40.6 Å². The smallest absolute Gasteiger partial charge is 0.259 e. The normalized spacial score (nSPS) is 12.5. The average Bonchev–Trinajstić information content (AvgIpc) is 3.15. The number of nitrogens with zero attached hydrogens (tertiary/aromatic N) is 4. The van der Waals surface area contributed by atoms with Crippen molar-refractivity contribution in [3.63, 3.8) is 0 Å². The van der Waals surface area contributed by atoms with Crippen LogP contribution in [0.5, 0.6) is 0 Å². The van der Waals surface area contributed by atoms with Crippen LogP contribution in [0.15, 0.2) is 22.7 Å². The molecule has 4 rings (SSSR count). The van der Waals surface area contributed by atoms with Crippen LogP contribution in [-0.4, -0.2) is 52.7 Å². The lowest BCUT2D eigenvalue weighted by molar-refractivity contribution is 0.100. The molecule has 0 fully saturated rings. The van der Waals surface area contributed by atoms with Crippen LogP contribution in [0, 0.1) is 6.92 Å². The van der Waals surface area contributed by atoms with Gasteiger partial charge in [0.25, 0.3) is 5.91 Å². The number of aromatic nitrogens is 3. The number of hydrogen-bond donors (Lipinski definition) is 2. The highest BCUT2D eigenvalue weighted by molar-refractivity contribution is 8.00. The fourth-order valence-electron chi connectivity index (χ4n) is 3.95. The van der Waals surface area contributed by atoms with E-state index in [9.17, 15) is 4.79 Å². The number of pyridine rings is 1. The van der Waals surface area contributed by atoms with Crippen LogP contribution in [0.25, 0.3) is 11.3 Å². The Labute approximate surface area is 196 Å². The van der Waals surface area contributed by atoms with Crippen molar-refractivity contribution in [3.05, 3.63) is 45.7 Å². The average molecular weight is 469 g/mol. The first-order valence-corrected chi connectivity index (χ1v) is 12.6. The molecule has 7 nitrogen and oxygen atoms in total. The van der Waals surface area contributed by atoms with Gasteiger partial charge in [-0.1, -0.05) is 0 Å². The Morgan fingerprint density at radius 2 is 2.09 bits per heavy atom. The van der Waals surface area contributed by atoms with E-state index < -0.39 is 0 Å². The second-order valence-electron chi connectivity index (χ2n) is 8.22. The van der Waals surface area contributed by atoms with Gasteiger partial charge in [0.2, 0.25) is 5.95 Å². The number of primary amides is 1. The summed E-state index contributed by atoms with van der Waals surface area (Å²) in [6.07, 6.45) is 9.48. The van der Waals surface area contributed by atoms with E-state index in [1.165, 1.54) is 16.9 Å². The Bertz CT molecular complexity index is 1160. The number of nitrogens with one attached hydrogen (secondary N) is 1. The molecule has 0 aliphatic heterocycles. The van der Waals surface area contributed by atoms with Gasteiger partial charge in [0, 0.05) is 18.0 Å². The number of carbonyl (C=O) groups is 1. The summed E-state index contributed by atoms with van der Waals surface area (Å²) in [7, 11) is 4.17. The quantitative estimate of drug-likeness (QED) is 0.481. The van der Waals surface area contributed by atoms with Crippen LogP contribution >= 0.6 is 23.1 Å². The van der Waals surface area contributed by atoms with Crippen LogP contribution in [0.3, 0.4) is 0 Å². The summed E-state index contributed by atoms with van der Waals surface area (Å²) in [5.41, 5.74) is 12.7. The molecular weight excluding hydrogens is 440 g/mol. The van der Waals surface area contributed by atoms with E-state index in [2.05, 4.69) is 40.3 Å². The zero-order chi connectivity index (χ0) is 22.8. The van der Waals surface area contributed by atoms with Gasteiger partial charge in [-0.3, -0.25) is 9.78 Å². The summed E-state index contributed by atoms with van der Waals surface area (Å²) in [6.45, 7) is 3.02. The van der Waals surface area contributed by atoms with Crippen molar-refractivity contribution in [3.8, 4) is 11.3 Å². The van der Waals surface area contributed by atoms with Gasteiger partial charge in [-0.15, -0.1) is 23.1 Å². The molecule has 3 aromatic heterocycles. The summed E-state index contributed by atoms with van der Waals surface area (Å²) < 4.78 is 1.07. The number of carbonyl (C=O) groups excluding carboxylic acids is 1. The SMILES string of the molecule is CSc1sc(C(N)=O)c2c1-c1nc(Nc3cc(CCCN(C)C)cnc3C)ncc1CC2. The standard InChI is InChI=1S/C23H28N6OS2/c1-13-17(10-14(11-25-13)6-5-9-29(2)3)27-23-26-12-15-7-8-16-18(19(15)28-23)22(31-4)32-20(16)21(24)30/h10-12H,5-9H2,1-4H3,(H2,24,30)(H,26,27,28). The molecular formula is C23H28N6OS2. The van der Waals surface area contributed by atoms with Gasteiger partial charge in [-0.05, 0) is 82.3 Å². The number of nitrogens with two attached hydrogens (primary N) is 1. The number of thioether (sulfide) groups is 1. The maximum Gasteiger partial charge on any atom is 0.259 e. The summed E-state index contributed by atoms with van der Waals surface area (Å²) in [5.74, 6) is 0.168. The Morgan fingerprint density at radius 1 is 1.28 bits per heavy atom. The van der Waals surface area contributed by atoms with Gasteiger partial charge in [0.1, 0.15) is 0 Å². The first kappa shape index (κ1) is 22.7. The van der Waals surface area contributed by atoms with E-state index in [4.69, 9.17) is 10.7 Å². The molecule has 9 heteroatoms. The molecule has 168 valence electrons. The summed E-state index contributed by atoms with van der Waals surface area (Å²) >= 11 is 3.09. The predicted molar refractivity (Wildman–Crippen MR) is 132 cm³/mol. The molecule has 0 radical (unpaired) electrons. The molecule has 0 atom stereocenters. The number of fused-ring (bicyclic) bond motifs is 3.